The van der Waals surface area contributed by atoms with Gasteiger partial charge in [-0.25, -0.2) is 4.98 Å². The van der Waals surface area contributed by atoms with Crippen molar-refractivity contribution in [3.8, 4) is 6.07 Å². The fourth-order valence-electron chi connectivity index (χ4n) is 4.18. The first-order chi connectivity index (χ1) is 15.1. The predicted molar refractivity (Wildman–Crippen MR) is 123 cm³/mol. The van der Waals surface area contributed by atoms with E-state index in [2.05, 4.69) is 16.3 Å². The third-order valence-electron chi connectivity index (χ3n) is 6.01. The van der Waals surface area contributed by atoms with Crippen LogP contribution in [0.5, 0.6) is 0 Å². The molecule has 0 spiro atoms. The Bertz CT molecular complexity index is 1200. The summed E-state index contributed by atoms with van der Waals surface area (Å²) in [6, 6.07) is 12.4. The largest absolute Gasteiger partial charge is 0.341 e. The molecule has 0 amide bonds. The summed E-state index contributed by atoms with van der Waals surface area (Å²) in [5.74, 6) is 0.653. The molecule has 1 aliphatic heterocycles. The van der Waals surface area contributed by atoms with E-state index in [-0.39, 0.29) is 11.6 Å². The van der Waals surface area contributed by atoms with E-state index in [9.17, 15) is 10.1 Å². The molecule has 3 heterocycles. The second kappa shape index (κ2) is 8.42. The number of benzene rings is 1. The van der Waals surface area contributed by atoms with Gasteiger partial charge < -0.3 is 16.0 Å². The molecule has 3 aromatic rings. The molecule has 2 aliphatic rings. The molecule has 8 heteroatoms. The van der Waals surface area contributed by atoms with Crippen LogP contribution in [0, 0.1) is 11.3 Å². The number of aromatic nitrogens is 2. The fourth-order valence-corrected chi connectivity index (χ4v) is 5.18. The molecule has 1 aromatic carbocycles. The molecule has 1 saturated heterocycles. The first-order valence-electron chi connectivity index (χ1n) is 10.9. The topological polar surface area (TPSA) is 100.0 Å². The Morgan fingerprint density at radius 3 is 2.90 bits per heavy atom. The van der Waals surface area contributed by atoms with Crippen molar-refractivity contribution in [2.75, 3.05) is 18.0 Å². The van der Waals surface area contributed by atoms with Crippen molar-refractivity contribution in [1.82, 2.24) is 14.9 Å². The molecule has 2 aromatic heterocycles. The molecule has 1 aliphatic carbocycles. The summed E-state index contributed by atoms with van der Waals surface area (Å²) in [5, 5.41) is 13.0. The SMILES string of the molecule is N#Cc1ccccc1Cn1c(N2CCC[C@@H](N)C2)nc2cc(CNC3CC3)sc2c1=O. The number of anilines is 1. The number of piperidine rings is 1. The van der Waals surface area contributed by atoms with Crippen LogP contribution in [0.4, 0.5) is 5.95 Å². The number of nitrogens with zero attached hydrogens (tertiary/aromatic N) is 4. The van der Waals surface area contributed by atoms with Crippen molar-refractivity contribution in [1.29, 1.82) is 5.26 Å². The van der Waals surface area contributed by atoms with Crippen LogP contribution >= 0.6 is 11.3 Å². The average molecular weight is 435 g/mol. The Hall–Kier alpha value is -2.73. The van der Waals surface area contributed by atoms with Gasteiger partial charge in [0, 0.05) is 36.6 Å². The molecule has 2 fully saturated rings. The van der Waals surface area contributed by atoms with Crippen LogP contribution in [0.1, 0.15) is 41.7 Å². The van der Waals surface area contributed by atoms with Crippen LogP contribution in [0.2, 0.25) is 0 Å². The number of nitrogens with one attached hydrogen (secondary N) is 1. The van der Waals surface area contributed by atoms with E-state index in [4.69, 9.17) is 10.7 Å². The highest BCUT2D eigenvalue weighted by Crippen LogP contribution is 2.27. The number of thiophene rings is 1. The number of hydrogen-bond acceptors (Lipinski definition) is 7. The van der Waals surface area contributed by atoms with E-state index < -0.39 is 0 Å². The minimum atomic E-state index is -0.0467. The first-order valence-corrected chi connectivity index (χ1v) is 11.7. The zero-order valence-electron chi connectivity index (χ0n) is 17.4. The minimum absolute atomic E-state index is 0.0467. The molecule has 1 saturated carbocycles. The van der Waals surface area contributed by atoms with Gasteiger partial charge in [-0.05, 0) is 43.4 Å². The van der Waals surface area contributed by atoms with Crippen LogP contribution in [0.15, 0.2) is 35.1 Å². The van der Waals surface area contributed by atoms with Gasteiger partial charge >= 0.3 is 0 Å². The molecule has 1 atom stereocenters. The van der Waals surface area contributed by atoms with Gasteiger partial charge in [0.2, 0.25) is 5.95 Å². The van der Waals surface area contributed by atoms with Crippen LogP contribution in [0.25, 0.3) is 10.2 Å². The zero-order chi connectivity index (χ0) is 21.4. The van der Waals surface area contributed by atoms with Crippen molar-refractivity contribution in [2.24, 2.45) is 5.73 Å². The Labute approximate surface area is 185 Å². The van der Waals surface area contributed by atoms with Crippen molar-refractivity contribution < 1.29 is 0 Å². The highest BCUT2D eigenvalue weighted by molar-refractivity contribution is 7.18. The Kier molecular flexibility index (Phi) is 5.48. The summed E-state index contributed by atoms with van der Waals surface area (Å²) < 4.78 is 2.40. The van der Waals surface area contributed by atoms with E-state index in [1.807, 2.05) is 24.3 Å². The number of nitrogens with two attached hydrogens (primary N) is 1. The Balaban J connectivity index is 1.59. The number of nitriles is 1. The van der Waals surface area contributed by atoms with Gasteiger partial charge in [-0.1, -0.05) is 18.2 Å². The lowest BCUT2D eigenvalue weighted by atomic mass is 10.1. The minimum Gasteiger partial charge on any atom is -0.341 e. The highest BCUT2D eigenvalue weighted by atomic mass is 32.1. The lowest BCUT2D eigenvalue weighted by molar-refractivity contribution is 0.492. The summed E-state index contributed by atoms with van der Waals surface area (Å²) in [5.41, 5.74) is 8.34. The first kappa shape index (κ1) is 20.2. The standard InChI is InChI=1S/C23H26N6OS/c24-11-15-4-1-2-5-16(15)13-29-22(30)21-20(10-19(31-21)12-26-18-7-8-18)27-23(29)28-9-3-6-17(25)14-28/h1-2,4-5,10,17-18,26H,3,6-9,12-14,25H2/t17-/m1/s1. The molecule has 0 unspecified atom stereocenters. The molecule has 31 heavy (non-hydrogen) atoms. The zero-order valence-corrected chi connectivity index (χ0v) is 18.2. The number of rotatable bonds is 6. The normalized spacial score (nSPS) is 19.0. The molecule has 160 valence electrons. The maximum absolute atomic E-state index is 13.6. The van der Waals surface area contributed by atoms with E-state index in [0.29, 0.717) is 35.3 Å². The smallest absolute Gasteiger partial charge is 0.273 e. The maximum atomic E-state index is 13.6. The van der Waals surface area contributed by atoms with Crippen molar-refractivity contribution >= 4 is 27.5 Å². The summed E-state index contributed by atoms with van der Waals surface area (Å²) in [6.07, 6.45) is 4.42. The van der Waals surface area contributed by atoms with Gasteiger partial charge in [0.1, 0.15) is 4.70 Å². The molecule has 7 nitrogen and oxygen atoms in total. The molecule has 3 N–H and O–H groups in total. The second-order valence-corrected chi connectivity index (χ2v) is 9.64. The lowest BCUT2D eigenvalue weighted by Crippen LogP contribution is -2.45. The van der Waals surface area contributed by atoms with Gasteiger partial charge in [-0.2, -0.15) is 5.26 Å². The van der Waals surface area contributed by atoms with Gasteiger partial charge in [-0.3, -0.25) is 9.36 Å². The number of fused-ring (bicyclic) bond motifs is 1. The summed E-state index contributed by atoms with van der Waals surface area (Å²) >= 11 is 1.52. The van der Waals surface area contributed by atoms with Crippen molar-refractivity contribution in [2.45, 2.75) is 50.9 Å². The van der Waals surface area contributed by atoms with Crippen molar-refractivity contribution in [3.05, 3.63) is 56.7 Å². The quantitative estimate of drug-likeness (QED) is 0.619. The van der Waals surface area contributed by atoms with Crippen LogP contribution in [-0.2, 0) is 13.1 Å². The van der Waals surface area contributed by atoms with Gasteiger partial charge in [-0.15, -0.1) is 11.3 Å². The van der Waals surface area contributed by atoms with E-state index >= 15 is 0 Å². The van der Waals surface area contributed by atoms with Crippen LogP contribution < -0.4 is 21.5 Å². The third kappa shape index (κ3) is 4.22. The molecular weight excluding hydrogens is 408 g/mol. The Morgan fingerprint density at radius 1 is 1.29 bits per heavy atom. The predicted octanol–water partition coefficient (Wildman–Crippen LogP) is 2.56. The van der Waals surface area contributed by atoms with E-state index in [1.165, 1.54) is 24.2 Å². The monoisotopic (exact) mass is 434 g/mol. The van der Waals surface area contributed by atoms with Gasteiger partial charge in [0.05, 0.1) is 23.7 Å². The fraction of sp³-hybridized carbons (Fsp3) is 0.435. The Morgan fingerprint density at radius 2 is 2.13 bits per heavy atom. The number of hydrogen-bond donors (Lipinski definition) is 2. The molecule has 0 bridgehead atoms. The molecule has 0 radical (unpaired) electrons. The van der Waals surface area contributed by atoms with Crippen molar-refractivity contribution in [3.63, 3.8) is 0 Å². The lowest BCUT2D eigenvalue weighted by Gasteiger charge is -2.33. The van der Waals surface area contributed by atoms with Gasteiger partial charge in [0.15, 0.2) is 0 Å². The second-order valence-electron chi connectivity index (χ2n) is 8.50. The summed E-state index contributed by atoms with van der Waals surface area (Å²) in [6.45, 7) is 2.59. The summed E-state index contributed by atoms with van der Waals surface area (Å²) in [7, 11) is 0. The van der Waals surface area contributed by atoms with E-state index in [0.717, 1.165) is 41.9 Å². The summed E-state index contributed by atoms with van der Waals surface area (Å²) in [4.78, 5) is 21.8. The third-order valence-corrected chi connectivity index (χ3v) is 7.13. The van der Waals surface area contributed by atoms with Gasteiger partial charge in [0.25, 0.3) is 5.56 Å². The molecule has 5 rings (SSSR count). The average Bonchev–Trinajstić information content (AvgIpc) is 3.52. The molecular formula is C23H26N6OS. The maximum Gasteiger partial charge on any atom is 0.273 e. The van der Waals surface area contributed by atoms with Crippen LogP contribution in [0.3, 0.4) is 0 Å². The van der Waals surface area contributed by atoms with Crippen LogP contribution in [-0.4, -0.2) is 34.7 Å². The highest BCUT2D eigenvalue weighted by Gasteiger charge is 2.25. The van der Waals surface area contributed by atoms with E-state index in [1.54, 1.807) is 10.6 Å².